The van der Waals surface area contributed by atoms with Crippen molar-refractivity contribution < 1.29 is 13.2 Å². The van der Waals surface area contributed by atoms with Crippen LogP contribution in [0.4, 0.5) is 4.79 Å². The lowest BCUT2D eigenvalue weighted by Crippen LogP contribution is -2.48. The average molecular weight is 380 g/mol. The molecule has 0 fully saturated rings. The molecule has 0 radical (unpaired) electrons. The van der Waals surface area contributed by atoms with E-state index in [0.29, 0.717) is 4.90 Å². The number of carbonyl (C=O) groups is 1. The van der Waals surface area contributed by atoms with Crippen LogP contribution in [0.1, 0.15) is 26.3 Å². The van der Waals surface area contributed by atoms with Gasteiger partial charge in [-0.1, -0.05) is 29.5 Å². The van der Waals surface area contributed by atoms with E-state index < -0.39 is 21.6 Å². The number of nitrogens with zero attached hydrogens (tertiary/aromatic N) is 1. The summed E-state index contributed by atoms with van der Waals surface area (Å²) in [5.41, 5.74) is 0.570. The van der Waals surface area contributed by atoms with Gasteiger partial charge in [-0.25, -0.2) is 17.9 Å². The topological polar surface area (TPSA) is 88.2 Å². The molecule has 2 amide bonds. The largest absolute Gasteiger partial charge is 0.333 e. The molecule has 2 rings (SSSR count). The van der Waals surface area contributed by atoms with Crippen LogP contribution in [0, 0.1) is 6.92 Å². The SMILES string of the molecule is Cc1ccc(Sc2ccncc2S(=O)(=O)NC(=O)NC(C)(C)C)cc1. The Balaban J connectivity index is 2.26. The normalized spacial score (nSPS) is 11.8. The average Bonchev–Trinajstić information content (AvgIpc) is 2.47. The van der Waals surface area contributed by atoms with Gasteiger partial charge in [-0.15, -0.1) is 0 Å². The van der Waals surface area contributed by atoms with E-state index in [0.717, 1.165) is 10.5 Å². The van der Waals surface area contributed by atoms with Crippen LogP contribution in [0.2, 0.25) is 0 Å². The Kier molecular flexibility index (Phi) is 5.74. The van der Waals surface area contributed by atoms with Crippen molar-refractivity contribution in [3.63, 3.8) is 0 Å². The quantitative estimate of drug-likeness (QED) is 0.851. The van der Waals surface area contributed by atoms with Gasteiger partial charge in [0.15, 0.2) is 0 Å². The minimum atomic E-state index is -4.04. The van der Waals surface area contributed by atoms with E-state index >= 15 is 0 Å². The van der Waals surface area contributed by atoms with Crippen LogP contribution >= 0.6 is 11.8 Å². The van der Waals surface area contributed by atoms with Crippen LogP contribution in [0.15, 0.2) is 57.4 Å². The van der Waals surface area contributed by atoms with Gasteiger partial charge in [0.2, 0.25) is 0 Å². The van der Waals surface area contributed by atoms with Crippen LogP contribution in [-0.2, 0) is 10.0 Å². The Hall–Kier alpha value is -2.06. The zero-order chi connectivity index (χ0) is 18.7. The second-order valence-corrected chi connectivity index (χ2v) is 9.31. The smallest absolute Gasteiger partial charge is 0.329 e. The molecule has 0 saturated carbocycles. The lowest BCUT2D eigenvalue weighted by atomic mass is 10.1. The Labute approximate surface area is 152 Å². The molecule has 0 atom stereocenters. The summed E-state index contributed by atoms with van der Waals surface area (Å²) in [4.78, 5) is 17.2. The number of rotatable bonds is 4. The molecule has 0 saturated heterocycles. The Bertz CT molecular complexity index is 857. The molecule has 0 spiro atoms. The number of urea groups is 1. The predicted molar refractivity (Wildman–Crippen MR) is 98.1 cm³/mol. The third kappa shape index (κ3) is 5.75. The lowest BCUT2D eigenvalue weighted by Gasteiger charge is -2.20. The summed E-state index contributed by atoms with van der Waals surface area (Å²) in [6.45, 7) is 7.28. The van der Waals surface area contributed by atoms with Crippen molar-refractivity contribution in [3.05, 3.63) is 48.3 Å². The van der Waals surface area contributed by atoms with E-state index in [1.165, 1.54) is 24.2 Å². The molecule has 8 heteroatoms. The molecule has 0 bridgehead atoms. The highest BCUT2D eigenvalue weighted by atomic mass is 32.2. The van der Waals surface area contributed by atoms with Gasteiger partial charge in [0.05, 0.1) is 0 Å². The summed E-state index contributed by atoms with van der Waals surface area (Å²) in [5, 5.41) is 2.56. The summed E-state index contributed by atoms with van der Waals surface area (Å²) >= 11 is 1.30. The number of carbonyl (C=O) groups excluding carboxylic acids is 1. The molecule has 2 N–H and O–H groups in total. The number of aromatic nitrogens is 1. The van der Waals surface area contributed by atoms with Crippen molar-refractivity contribution in [1.29, 1.82) is 0 Å². The molecule has 1 heterocycles. The first-order valence-corrected chi connectivity index (χ1v) is 9.90. The molecule has 0 unspecified atom stereocenters. The van der Waals surface area contributed by atoms with E-state index in [4.69, 9.17) is 0 Å². The summed E-state index contributed by atoms with van der Waals surface area (Å²) < 4.78 is 27.2. The van der Waals surface area contributed by atoms with Gasteiger partial charge < -0.3 is 5.32 Å². The van der Waals surface area contributed by atoms with Crippen LogP contribution < -0.4 is 10.0 Å². The number of sulfonamides is 1. The molecule has 0 aliphatic heterocycles. The first-order valence-electron chi connectivity index (χ1n) is 7.60. The molecule has 25 heavy (non-hydrogen) atoms. The van der Waals surface area contributed by atoms with Crippen molar-refractivity contribution in [3.8, 4) is 0 Å². The fourth-order valence-electron chi connectivity index (χ4n) is 1.93. The zero-order valence-corrected chi connectivity index (χ0v) is 16.2. The maximum absolute atomic E-state index is 12.6. The Morgan fingerprint density at radius 3 is 2.36 bits per heavy atom. The number of benzene rings is 1. The van der Waals surface area contributed by atoms with E-state index in [2.05, 4.69) is 10.3 Å². The second kappa shape index (κ2) is 7.45. The van der Waals surface area contributed by atoms with E-state index in [1.54, 1.807) is 26.8 Å². The van der Waals surface area contributed by atoms with Gasteiger partial charge in [0.1, 0.15) is 4.90 Å². The molecule has 0 aliphatic carbocycles. The number of hydrogen-bond acceptors (Lipinski definition) is 5. The number of pyridine rings is 1. The predicted octanol–water partition coefficient (Wildman–Crippen LogP) is 3.33. The van der Waals surface area contributed by atoms with Gasteiger partial charge in [0.25, 0.3) is 10.0 Å². The van der Waals surface area contributed by atoms with E-state index in [-0.39, 0.29) is 4.90 Å². The minimum Gasteiger partial charge on any atom is -0.333 e. The molecule has 1 aromatic carbocycles. The number of amides is 2. The van der Waals surface area contributed by atoms with Crippen molar-refractivity contribution in [2.24, 2.45) is 0 Å². The molecule has 0 aliphatic rings. The highest BCUT2D eigenvalue weighted by molar-refractivity contribution is 8.00. The van der Waals surface area contributed by atoms with Crippen LogP contribution in [0.5, 0.6) is 0 Å². The third-order valence-electron chi connectivity index (χ3n) is 3.00. The van der Waals surface area contributed by atoms with Crippen molar-refractivity contribution in [1.82, 2.24) is 15.0 Å². The first kappa shape index (κ1) is 19.3. The van der Waals surface area contributed by atoms with Crippen LogP contribution in [0.3, 0.4) is 0 Å². The highest BCUT2D eigenvalue weighted by Gasteiger charge is 2.24. The van der Waals surface area contributed by atoms with Gasteiger partial charge in [0, 0.05) is 27.7 Å². The zero-order valence-electron chi connectivity index (χ0n) is 14.5. The van der Waals surface area contributed by atoms with Crippen molar-refractivity contribution in [2.45, 2.75) is 47.9 Å². The lowest BCUT2D eigenvalue weighted by molar-refractivity contribution is 0.237. The maximum Gasteiger partial charge on any atom is 0.329 e. The van der Waals surface area contributed by atoms with Crippen molar-refractivity contribution >= 4 is 27.8 Å². The van der Waals surface area contributed by atoms with Gasteiger partial charge in [-0.3, -0.25) is 4.98 Å². The number of nitrogens with one attached hydrogen (secondary N) is 2. The molecule has 134 valence electrons. The van der Waals surface area contributed by atoms with Crippen LogP contribution in [0.25, 0.3) is 0 Å². The Morgan fingerprint density at radius 2 is 1.76 bits per heavy atom. The minimum absolute atomic E-state index is 0.0374. The Morgan fingerprint density at radius 1 is 1.12 bits per heavy atom. The fraction of sp³-hybridized carbons (Fsp3) is 0.294. The number of aryl methyl sites for hydroxylation is 1. The third-order valence-corrected chi connectivity index (χ3v) is 5.57. The fourth-order valence-corrected chi connectivity index (χ4v) is 4.13. The van der Waals surface area contributed by atoms with E-state index in [1.807, 2.05) is 35.9 Å². The standard InChI is InChI=1S/C17H21N3O3S2/c1-12-5-7-13(8-6-12)24-14-9-10-18-11-15(14)25(22,23)20-16(21)19-17(2,3)4/h5-11H,1-4H3,(H2,19,20,21). The van der Waals surface area contributed by atoms with Gasteiger partial charge in [-0.2, -0.15) is 0 Å². The number of hydrogen-bond donors (Lipinski definition) is 2. The summed E-state index contributed by atoms with van der Waals surface area (Å²) in [5.74, 6) is 0. The monoisotopic (exact) mass is 379 g/mol. The van der Waals surface area contributed by atoms with Gasteiger partial charge in [-0.05, 0) is 45.9 Å². The molecular formula is C17H21N3O3S2. The molecular weight excluding hydrogens is 358 g/mol. The molecule has 1 aromatic heterocycles. The van der Waals surface area contributed by atoms with Gasteiger partial charge >= 0.3 is 6.03 Å². The summed E-state index contributed by atoms with van der Waals surface area (Å²) in [6.07, 6.45) is 2.76. The molecule has 6 nitrogen and oxygen atoms in total. The summed E-state index contributed by atoms with van der Waals surface area (Å²) in [7, 11) is -4.04. The second-order valence-electron chi connectivity index (χ2n) is 6.55. The summed E-state index contributed by atoms with van der Waals surface area (Å²) in [6, 6.07) is 8.57. The molecule has 2 aromatic rings. The maximum atomic E-state index is 12.6. The van der Waals surface area contributed by atoms with Crippen molar-refractivity contribution in [2.75, 3.05) is 0 Å². The first-order chi connectivity index (χ1) is 11.6. The van der Waals surface area contributed by atoms with Crippen LogP contribution in [-0.4, -0.2) is 25.0 Å². The highest BCUT2D eigenvalue weighted by Crippen LogP contribution is 2.32. The van der Waals surface area contributed by atoms with E-state index in [9.17, 15) is 13.2 Å².